The Morgan fingerprint density at radius 2 is 1.73 bits per heavy atom. The van der Waals surface area contributed by atoms with Crippen molar-refractivity contribution in [2.75, 3.05) is 43.0 Å². The van der Waals surface area contributed by atoms with Crippen molar-refractivity contribution in [1.29, 1.82) is 0 Å². The zero-order valence-corrected chi connectivity index (χ0v) is 19.2. The summed E-state index contributed by atoms with van der Waals surface area (Å²) in [7, 11) is 0. The summed E-state index contributed by atoms with van der Waals surface area (Å²) >= 11 is 0. The standard InChI is InChI=1S/C25H29N5O3/c1-4-32-22-8-6-5-7-21(22)28-25(31)30-15-13-29(14-16-30)23-17-24(27-19(3)26-23)33-20-11-9-18(2)10-12-20/h5-12,17H,4,13-16H2,1-3H3,(H,28,31). The number of anilines is 2. The van der Waals surface area contributed by atoms with Crippen LogP contribution in [0.5, 0.6) is 17.4 Å². The molecule has 1 aliphatic heterocycles. The average Bonchev–Trinajstić information content (AvgIpc) is 2.82. The molecule has 3 aromatic rings. The number of hydrogen-bond donors (Lipinski definition) is 1. The minimum atomic E-state index is -0.135. The highest BCUT2D eigenvalue weighted by Crippen LogP contribution is 2.26. The summed E-state index contributed by atoms with van der Waals surface area (Å²) in [6.07, 6.45) is 0. The lowest BCUT2D eigenvalue weighted by atomic mass is 10.2. The SMILES string of the molecule is CCOc1ccccc1NC(=O)N1CCN(c2cc(Oc3ccc(C)cc3)nc(C)n2)CC1. The van der Waals surface area contributed by atoms with Crippen molar-refractivity contribution >= 4 is 17.5 Å². The van der Waals surface area contributed by atoms with E-state index >= 15 is 0 Å². The molecule has 0 atom stereocenters. The first-order chi connectivity index (χ1) is 16.0. The van der Waals surface area contributed by atoms with E-state index in [0.29, 0.717) is 55.9 Å². The van der Waals surface area contributed by atoms with Gasteiger partial charge in [0.05, 0.1) is 12.3 Å². The number of aryl methyl sites for hydroxylation is 2. The van der Waals surface area contributed by atoms with Crippen molar-refractivity contribution in [3.63, 3.8) is 0 Å². The van der Waals surface area contributed by atoms with Gasteiger partial charge in [0.25, 0.3) is 0 Å². The van der Waals surface area contributed by atoms with Gasteiger partial charge in [-0.2, -0.15) is 4.98 Å². The molecule has 33 heavy (non-hydrogen) atoms. The Balaban J connectivity index is 1.38. The van der Waals surface area contributed by atoms with Gasteiger partial charge in [-0.05, 0) is 45.0 Å². The number of amides is 2. The molecule has 0 spiro atoms. The highest BCUT2D eigenvalue weighted by Gasteiger charge is 2.23. The molecular weight excluding hydrogens is 418 g/mol. The molecule has 0 radical (unpaired) electrons. The first kappa shape index (κ1) is 22.4. The van der Waals surface area contributed by atoms with Crippen LogP contribution in [0, 0.1) is 13.8 Å². The molecule has 2 aromatic carbocycles. The molecule has 1 N–H and O–H groups in total. The largest absolute Gasteiger partial charge is 0.492 e. The molecule has 1 saturated heterocycles. The number of ether oxygens (including phenoxy) is 2. The van der Waals surface area contributed by atoms with E-state index in [1.54, 1.807) is 4.90 Å². The number of nitrogens with one attached hydrogen (secondary N) is 1. The van der Waals surface area contributed by atoms with Gasteiger partial charge >= 0.3 is 6.03 Å². The van der Waals surface area contributed by atoms with Gasteiger partial charge in [-0.15, -0.1) is 0 Å². The monoisotopic (exact) mass is 447 g/mol. The van der Waals surface area contributed by atoms with Crippen molar-refractivity contribution in [3.8, 4) is 17.4 Å². The van der Waals surface area contributed by atoms with Crippen molar-refractivity contribution in [2.24, 2.45) is 0 Å². The van der Waals surface area contributed by atoms with Crippen LogP contribution in [-0.4, -0.2) is 53.7 Å². The summed E-state index contributed by atoms with van der Waals surface area (Å²) in [6.45, 7) is 8.85. The molecule has 2 heterocycles. The number of para-hydroxylation sites is 2. The second-order valence-corrected chi connectivity index (χ2v) is 7.86. The second-order valence-electron chi connectivity index (χ2n) is 7.86. The van der Waals surface area contributed by atoms with Crippen molar-refractivity contribution in [2.45, 2.75) is 20.8 Å². The van der Waals surface area contributed by atoms with E-state index in [-0.39, 0.29) is 6.03 Å². The average molecular weight is 448 g/mol. The molecule has 4 rings (SSSR count). The van der Waals surface area contributed by atoms with Crippen LogP contribution in [0.25, 0.3) is 0 Å². The third-order valence-corrected chi connectivity index (χ3v) is 5.36. The third-order valence-electron chi connectivity index (χ3n) is 5.36. The first-order valence-corrected chi connectivity index (χ1v) is 11.1. The molecule has 0 bridgehead atoms. The van der Waals surface area contributed by atoms with Crippen LogP contribution >= 0.6 is 0 Å². The number of piperazine rings is 1. The predicted molar refractivity (Wildman–Crippen MR) is 128 cm³/mol. The lowest BCUT2D eigenvalue weighted by Gasteiger charge is -2.35. The number of hydrogen-bond acceptors (Lipinski definition) is 6. The van der Waals surface area contributed by atoms with E-state index in [4.69, 9.17) is 9.47 Å². The molecule has 8 heteroatoms. The van der Waals surface area contributed by atoms with Crippen LogP contribution < -0.4 is 19.7 Å². The van der Waals surface area contributed by atoms with Gasteiger partial charge in [-0.3, -0.25) is 0 Å². The van der Waals surface area contributed by atoms with Crippen molar-refractivity contribution in [3.05, 3.63) is 66.0 Å². The van der Waals surface area contributed by atoms with Crippen molar-refractivity contribution < 1.29 is 14.3 Å². The molecule has 1 aromatic heterocycles. The van der Waals surface area contributed by atoms with Crippen LogP contribution in [0.1, 0.15) is 18.3 Å². The van der Waals surface area contributed by atoms with E-state index < -0.39 is 0 Å². The fourth-order valence-corrected chi connectivity index (χ4v) is 3.65. The normalized spacial score (nSPS) is 13.5. The third kappa shape index (κ3) is 5.71. The van der Waals surface area contributed by atoms with Gasteiger partial charge in [0.1, 0.15) is 23.1 Å². The number of carbonyl (C=O) groups is 1. The maximum atomic E-state index is 12.8. The summed E-state index contributed by atoms with van der Waals surface area (Å²) in [5.74, 6) is 3.35. The summed E-state index contributed by atoms with van der Waals surface area (Å²) in [4.78, 5) is 25.7. The second kappa shape index (κ2) is 10.2. The van der Waals surface area contributed by atoms with E-state index in [2.05, 4.69) is 20.2 Å². The van der Waals surface area contributed by atoms with E-state index in [9.17, 15) is 4.79 Å². The van der Waals surface area contributed by atoms with Gasteiger partial charge in [-0.25, -0.2) is 9.78 Å². The number of carbonyl (C=O) groups excluding carboxylic acids is 1. The molecule has 0 unspecified atom stereocenters. The molecule has 0 aliphatic carbocycles. The van der Waals surface area contributed by atoms with Gasteiger partial charge in [0.15, 0.2) is 0 Å². The fraction of sp³-hybridized carbons (Fsp3) is 0.320. The summed E-state index contributed by atoms with van der Waals surface area (Å²) in [5.41, 5.74) is 1.85. The summed E-state index contributed by atoms with van der Waals surface area (Å²) < 4.78 is 11.5. The van der Waals surface area contributed by atoms with Gasteiger partial charge < -0.3 is 24.6 Å². The maximum Gasteiger partial charge on any atom is 0.322 e. The molecule has 1 fully saturated rings. The Kier molecular flexibility index (Phi) is 6.92. The maximum absolute atomic E-state index is 12.8. The van der Waals surface area contributed by atoms with Crippen LogP contribution in [0.2, 0.25) is 0 Å². The van der Waals surface area contributed by atoms with Crippen LogP contribution in [-0.2, 0) is 0 Å². The number of rotatable bonds is 6. The van der Waals surface area contributed by atoms with E-state index in [1.165, 1.54) is 5.56 Å². The van der Waals surface area contributed by atoms with E-state index in [1.807, 2.05) is 75.4 Å². The smallest absolute Gasteiger partial charge is 0.322 e. The Labute approximate surface area is 194 Å². The number of benzene rings is 2. The Hall–Kier alpha value is -3.81. The Bertz CT molecular complexity index is 1100. The van der Waals surface area contributed by atoms with Crippen molar-refractivity contribution in [1.82, 2.24) is 14.9 Å². The quantitative estimate of drug-likeness (QED) is 0.593. The van der Waals surface area contributed by atoms with Crippen LogP contribution in [0.3, 0.4) is 0 Å². The Morgan fingerprint density at radius 1 is 1.00 bits per heavy atom. The minimum Gasteiger partial charge on any atom is -0.492 e. The van der Waals surface area contributed by atoms with Crippen LogP contribution in [0.15, 0.2) is 54.6 Å². The molecule has 0 saturated carbocycles. The molecule has 1 aliphatic rings. The van der Waals surface area contributed by atoms with Crippen LogP contribution in [0.4, 0.5) is 16.3 Å². The molecule has 172 valence electrons. The summed E-state index contributed by atoms with van der Waals surface area (Å²) in [6, 6.07) is 17.0. The van der Waals surface area contributed by atoms with Gasteiger partial charge in [0, 0.05) is 32.2 Å². The van der Waals surface area contributed by atoms with Gasteiger partial charge in [0.2, 0.25) is 5.88 Å². The highest BCUT2D eigenvalue weighted by molar-refractivity contribution is 5.91. The highest BCUT2D eigenvalue weighted by atomic mass is 16.5. The fourth-order valence-electron chi connectivity index (χ4n) is 3.65. The van der Waals surface area contributed by atoms with Gasteiger partial charge in [-0.1, -0.05) is 29.8 Å². The lowest BCUT2D eigenvalue weighted by molar-refractivity contribution is 0.208. The zero-order valence-electron chi connectivity index (χ0n) is 19.2. The minimum absolute atomic E-state index is 0.135. The molecule has 8 nitrogen and oxygen atoms in total. The van der Waals surface area contributed by atoms with E-state index in [0.717, 1.165) is 11.6 Å². The number of urea groups is 1. The Morgan fingerprint density at radius 3 is 2.45 bits per heavy atom. The number of nitrogens with zero attached hydrogens (tertiary/aromatic N) is 4. The molecular formula is C25H29N5O3. The molecule has 2 amide bonds. The predicted octanol–water partition coefficient (Wildman–Crippen LogP) is 4.64. The topological polar surface area (TPSA) is 79.8 Å². The lowest BCUT2D eigenvalue weighted by Crippen LogP contribution is -2.50. The first-order valence-electron chi connectivity index (χ1n) is 11.1. The zero-order chi connectivity index (χ0) is 23.2. The summed E-state index contributed by atoms with van der Waals surface area (Å²) in [5, 5.41) is 2.97. The number of aromatic nitrogens is 2.